The summed E-state index contributed by atoms with van der Waals surface area (Å²) >= 11 is 0. The molecule has 0 amide bonds. The minimum absolute atomic E-state index is 0.600. The molecule has 2 unspecified atom stereocenters. The molecule has 0 saturated heterocycles. The van der Waals surface area contributed by atoms with E-state index in [4.69, 9.17) is 0 Å². The molecule has 2 aliphatic rings. The summed E-state index contributed by atoms with van der Waals surface area (Å²) in [6.07, 6.45) is 11.7. The molecule has 2 aromatic rings. The van der Waals surface area contributed by atoms with E-state index >= 15 is 0 Å². The largest absolute Gasteiger partial charge is 0.0805 e. The molecule has 0 heteroatoms. The minimum atomic E-state index is 0.600. The molecule has 2 aromatic carbocycles. The summed E-state index contributed by atoms with van der Waals surface area (Å²) in [5, 5.41) is 2.75. The third-order valence-electron chi connectivity index (χ3n) is 4.36. The van der Waals surface area contributed by atoms with Crippen molar-refractivity contribution in [3.63, 3.8) is 0 Å². The molecule has 0 N–H and O–H groups in total. The van der Waals surface area contributed by atoms with Crippen molar-refractivity contribution in [3.05, 3.63) is 71.8 Å². The van der Waals surface area contributed by atoms with E-state index in [9.17, 15) is 0 Å². The summed E-state index contributed by atoms with van der Waals surface area (Å²) in [6, 6.07) is 13.5. The van der Waals surface area contributed by atoms with Crippen LogP contribution in [0.3, 0.4) is 0 Å². The van der Waals surface area contributed by atoms with Crippen molar-refractivity contribution in [2.45, 2.75) is 18.8 Å². The summed E-state index contributed by atoms with van der Waals surface area (Å²) in [5.41, 5.74) is 3.10. The van der Waals surface area contributed by atoms with Crippen LogP contribution < -0.4 is 0 Å². The molecule has 0 nitrogen and oxygen atoms in total. The van der Waals surface area contributed by atoms with Gasteiger partial charge in [0.1, 0.15) is 0 Å². The second-order valence-corrected chi connectivity index (χ2v) is 5.40. The van der Waals surface area contributed by atoms with E-state index in [1.54, 1.807) is 11.1 Å². The van der Waals surface area contributed by atoms with Crippen molar-refractivity contribution in [1.82, 2.24) is 0 Å². The van der Waals surface area contributed by atoms with E-state index in [0.29, 0.717) is 11.8 Å². The van der Waals surface area contributed by atoms with Crippen molar-refractivity contribution in [2.24, 2.45) is 5.92 Å². The van der Waals surface area contributed by atoms with E-state index in [1.165, 1.54) is 23.6 Å². The monoisotopic (exact) mass is 232 g/mol. The summed E-state index contributed by atoms with van der Waals surface area (Å²) in [7, 11) is 0. The van der Waals surface area contributed by atoms with Gasteiger partial charge in [-0.2, -0.15) is 0 Å². The Morgan fingerprint density at radius 3 is 2.56 bits per heavy atom. The summed E-state index contributed by atoms with van der Waals surface area (Å²) in [4.78, 5) is 0. The SMILES string of the molecule is C1=CC2CCc3cc4ccccc4cc3C2C=C1. The third-order valence-corrected chi connectivity index (χ3v) is 4.36. The van der Waals surface area contributed by atoms with Gasteiger partial charge in [-0.3, -0.25) is 0 Å². The van der Waals surface area contributed by atoms with Gasteiger partial charge in [0.05, 0.1) is 0 Å². The molecule has 2 aliphatic carbocycles. The Balaban J connectivity index is 1.93. The number of allylic oxidation sites excluding steroid dienone is 4. The van der Waals surface area contributed by atoms with Crippen LogP contribution in [-0.4, -0.2) is 0 Å². The zero-order chi connectivity index (χ0) is 11.9. The molecule has 0 saturated carbocycles. The Labute approximate surface area is 108 Å². The van der Waals surface area contributed by atoms with Crippen LogP contribution in [0.15, 0.2) is 60.7 Å². The van der Waals surface area contributed by atoms with E-state index in [1.807, 2.05) is 0 Å². The van der Waals surface area contributed by atoms with E-state index in [2.05, 4.69) is 60.7 Å². The fraction of sp³-hybridized carbons (Fsp3) is 0.222. The molecule has 0 aliphatic heterocycles. The topological polar surface area (TPSA) is 0 Å². The van der Waals surface area contributed by atoms with Crippen molar-refractivity contribution >= 4 is 10.8 Å². The lowest BCUT2D eigenvalue weighted by Crippen LogP contribution is -2.19. The molecule has 18 heavy (non-hydrogen) atoms. The van der Waals surface area contributed by atoms with Crippen LogP contribution in [0.5, 0.6) is 0 Å². The lowest BCUT2D eigenvalue weighted by molar-refractivity contribution is 0.500. The third kappa shape index (κ3) is 1.45. The average Bonchev–Trinajstić information content (AvgIpc) is 2.45. The highest BCUT2D eigenvalue weighted by atomic mass is 14.3. The van der Waals surface area contributed by atoms with Crippen molar-refractivity contribution < 1.29 is 0 Å². The van der Waals surface area contributed by atoms with Crippen LogP contribution in [0.2, 0.25) is 0 Å². The normalized spacial score (nSPS) is 24.9. The van der Waals surface area contributed by atoms with Gasteiger partial charge in [0.15, 0.2) is 0 Å². The van der Waals surface area contributed by atoms with Crippen molar-refractivity contribution in [3.8, 4) is 0 Å². The first-order valence-electron chi connectivity index (χ1n) is 6.78. The molecule has 0 radical (unpaired) electrons. The summed E-state index contributed by atoms with van der Waals surface area (Å²) < 4.78 is 0. The molecule has 0 heterocycles. The van der Waals surface area contributed by atoms with Gasteiger partial charge >= 0.3 is 0 Å². The highest BCUT2D eigenvalue weighted by Gasteiger charge is 2.27. The van der Waals surface area contributed by atoms with Crippen LogP contribution >= 0.6 is 0 Å². The van der Waals surface area contributed by atoms with E-state index < -0.39 is 0 Å². The Bertz CT molecular complexity index is 661. The predicted octanol–water partition coefficient (Wildman–Crippen LogP) is 4.61. The molecule has 0 bridgehead atoms. The maximum atomic E-state index is 2.41. The molecule has 2 atom stereocenters. The molecule has 0 aromatic heterocycles. The first kappa shape index (κ1) is 10.1. The fourth-order valence-corrected chi connectivity index (χ4v) is 3.42. The standard InChI is InChI=1S/C18H16/c1-2-7-15-12-18-16(11-14(15)6-1)10-9-13-5-3-4-8-17(13)18/h1-8,11-13,17H,9-10H2. The second kappa shape index (κ2) is 3.84. The van der Waals surface area contributed by atoms with Crippen molar-refractivity contribution in [1.29, 1.82) is 0 Å². The Morgan fingerprint density at radius 2 is 1.67 bits per heavy atom. The summed E-state index contributed by atoms with van der Waals surface area (Å²) in [6.45, 7) is 0. The van der Waals surface area contributed by atoms with E-state index in [0.717, 1.165) is 0 Å². The number of fused-ring (bicyclic) bond motifs is 4. The van der Waals surface area contributed by atoms with Crippen LogP contribution in [0.25, 0.3) is 10.8 Å². The maximum absolute atomic E-state index is 2.41. The highest BCUT2D eigenvalue weighted by Crippen LogP contribution is 2.41. The molecule has 0 spiro atoms. The summed E-state index contributed by atoms with van der Waals surface area (Å²) in [5.74, 6) is 1.31. The Hall–Kier alpha value is -1.82. The van der Waals surface area contributed by atoms with Gasteiger partial charge in [0, 0.05) is 5.92 Å². The maximum Gasteiger partial charge on any atom is 0.00870 e. The van der Waals surface area contributed by atoms with Gasteiger partial charge in [-0.15, -0.1) is 0 Å². The number of aryl methyl sites for hydroxylation is 1. The zero-order valence-corrected chi connectivity index (χ0v) is 10.3. The van der Waals surface area contributed by atoms with Crippen LogP contribution in [-0.2, 0) is 6.42 Å². The first-order chi connectivity index (χ1) is 8.92. The van der Waals surface area contributed by atoms with Gasteiger partial charge in [0.2, 0.25) is 0 Å². The Morgan fingerprint density at radius 1 is 0.889 bits per heavy atom. The van der Waals surface area contributed by atoms with Gasteiger partial charge < -0.3 is 0 Å². The quantitative estimate of drug-likeness (QED) is 0.622. The van der Waals surface area contributed by atoms with Gasteiger partial charge in [-0.05, 0) is 40.7 Å². The molecule has 88 valence electrons. The van der Waals surface area contributed by atoms with Crippen LogP contribution in [0, 0.1) is 5.92 Å². The lowest BCUT2D eigenvalue weighted by Gasteiger charge is -2.31. The van der Waals surface area contributed by atoms with Crippen molar-refractivity contribution in [2.75, 3.05) is 0 Å². The van der Waals surface area contributed by atoms with Crippen LogP contribution in [0.4, 0.5) is 0 Å². The van der Waals surface area contributed by atoms with Gasteiger partial charge in [-0.25, -0.2) is 0 Å². The number of rotatable bonds is 0. The molecule has 0 fully saturated rings. The average molecular weight is 232 g/mol. The smallest absolute Gasteiger partial charge is 0.00870 e. The number of hydrogen-bond donors (Lipinski definition) is 0. The van der Waals surface area contributed by atoms with Gasteiger partial charge in [0.25, 0.3) is 0 Å². The lowest BCUT2D eigenvalue weighted by atomic mass is 9.73. The zero-order valence-electron chi connectivity index (χ0n) is 10.3. The number of hydrogen-bond acceptors (Lipinski definition) is 0. The predicted molar refractivity (Wildman–Crippen MR) is 76.8 cm³/mol. The van der Waals surface area contributed by atoms with Gasteiger partial charge in [-0.1, -0.05) is 60.7 Å². The number of benzene rings is 2. The molecule has 4 rings (SSSR count). The van der Waals surface area contributed by atoms with E-state index in [-0.39, 0.29) is 0 Å². The highest BCUT2D eigenvalue weighted by molar-refractivity contribution is 5.84. The Kier molecular flexibility index (Phi) is 2.16. The fourth-order valence-electron chi connectivity index (χ4n) is 3.42. The molecular weight excluding hydrogens is 216 g/mol. The van der Waals surface area contributed by atoms with Crippen LogP contribution in [0.1, 0.15) is 23.5 Å². The molecular formula is C18H16. The second-order valence-electron chi connectivity index (χ2n) is 5.40. The minimum Gasteiger partial charge on any atom is -0.0805 e. The first-order valence-corrected chi connectivity index (χ1v) is 6.78.